The van der Waals surface area contributed by atoms with Crippen molar-refractivity contribution >= 4 is 23.5 Å². The lowest BCUT2D eigenvalue weighted by Crippen LogP contribution is -2.35. The maximum atomic E-state index is 12.3. The zero-order chi connectivity index (χ0) is 19.7. The van der Waals surface area contributed by atoms with Gasteiger partial charge in [-0.1, -0.05) is 31.5 Å². The number of rotatable bonds is 10. The molecule has 1 aromatic rings. The van der Waals surface area contributed by atoms with Gasteiger partial charge in [0.1, 0.15) is 0 Å². The maximum absolute atomic E-state index is 12.3. The number of amides is 1. The van der Waals surface area contributed by atoms with Crippen LogP contribution < -0.4 is 14.8 Å². The third kappa shape index (κ3) is 6.59. The van der Waals surface area contributed by atoms with E-state index in [0.717, 1.165) is 6.42 Å². The van der Waals surface area contributed by atoms with Crippen LogP contribution in [-0.2, 0) is 9.53 Å². The minimum absolute atomic E-state index is 0.173. The van der Waals surface area contributed by atoms with Crippen molar-refractivity contribution in [1.82, 2.24) is 5.32 Å². The number of halogens is 1. The molecule has 1 N–H and O–H groups in total. The van der Waals surface area contributed by atoms with Crippen LogP contribution >= 0.6 is 11.6 Å². The van der Waals surface area contributed by atoms with Crippen molar-refractivity contribution in [1.29, 1.82) is 0 Å². The third-order valence-electron chi connectivity index (χ3n) is 3.48. The van der Waals surface area contributed by atoms with Gasteiger partial charge >= 0.3 is 5.97 Å². The smallest absolute Gasteiger partial charge is 0.339 e. The lowest BCUT2D eigenvalue weighted by Gasteiger charge is -2.16. The van der Waals surface area contributed by atoms with Crippen LogP contribution in [0, 0.1) is 5.92 Å². The molecular formula is C19H26ClNO5. The second-order valence-corrected chi connectivity index (χ2v) is 6.51. The molecule has 0 radical (unpaired) electrons. The Morgan fingerprint density at radius 2 is 2.00 bits per heavy atom. The molecule has 0 bridgehead atoms. The molecule has 0 aromatic heterocycles. The molecule has 1 aromatic carbocycles. The Morgan fingerprint density at radius 1 is 1.31 bits per heavy atom. The van der Waals surface area contributed by atoms with Gasteiger partial charge in [-0.15, -0.1) is 6.58 Å². The van der Waals surface area contributed by atoms with Gasteiger partial charge in [0.2, 0.25) is 0 Å². The highest BCUT2D eigenvalue weighted by Gasteiger charge is 2.21. The Kier molecular flexibility index (Phi) is 8.99. The number of ether oxygens (including phenoxy) is 3. The van der Waals surface area contributed by atoms with Gasteiger partial charge in [0.15, 0.2) is 17.6 Å². The molecule has 0 aliphatic heterocycles. The lowest BCUT2D eigenvalue weighted by atomic mass is 10.1. The lowest BCUT2D eigenvalue weighted by molar-refractivity contribution is -0.128. The first kappa shape index (κ1) is 21.8. The van der Waals surface area contributed by atoms with E-state index in [1.807, 2.05) is 0 Å². The molecule has 1 atom stereocenters. The van der Waals surface area contributed by atoms with Gasteiger partial charge in [0, 0.05) is 6.54 Å². The summed E-state index contributed by atoms with van der Waals surface area (Å²) in [6.45, 7) is 9.95. The minimum Gasteiger partial charge on any atom is -0.493 e. The van der Waals surface area contributed by atoms with Crippen LogP contribution in [0.4, 0.5) is 0 Å². The fourth-order valence-corrected chi connectivity index (χ4v) is 2.24. The third-order valence-corrected chi connectivity index (χ3v) is 3.76. The molecule has 7 heteroatoms. The van der Waals surface area contributed by atoms with Gasteiger partial charge in [-0.25, -0.2) is 4.79 Å². The second-order valence-electron chi connectivity index (χ2n) is 6.10. The van der Waals surface area contributed by atoms with Crippen LogP contribution in [0.3, 0.4) is 0 Å². The molecule has 26 heavy (non-hydrogen) atoms. The number of esters is 1. The van der Waals surface area contributed by atoms with E-state index in [-0.39, 0.29) is 10.6 Å². The highest BCUT2D eigenvalue weighted by atomic mass is 35.5. The molecular weight excluding hydrogens is 358 g/mol. The predicted molar refractivity (Wildman–Crippen MR) is 101 cm³/mol. The molecule has 144 valence electrons. The van der Waals surface area contributed by atoms with E-state index in [9.17, 15) is 9.59 Å². The van der Waals surface area contributed by atoms with Crippen molar-refractivity contribution in [2.75, 3.05) is 20.3 Å². The van der Waals surface area contributed by atoms with Gasteiger partial charge < -0.3 is 19.5 Å². The fourth-order valence-electron chi connectivity index (χ4n) is 1.97. The number of carbonyl (C=O) groups is 2. The van der Waals surface area contributed by atoms with Crippen molar-refractivity contribution < 1.29 is 23.8 Å². The van der Waals surface area contributed by atoms with E-state index in [4.69, 9.17) is 25.8 Å². The van der Waals surface area contributed by atoms with Gasteiger partial charge in [-0.05, 0) is 31.4 Å². The first-order valence-corrected chi connectivity index (χ1v) is 8.77. The van der Waals surface area contributed by atoms with Crippen LogP contribution in [0.25, 0.3) is 0 Å². The number of hydrogen-bond acceptors (Lipinski definition) is 5. The van der Waals surface area contributed by atoms with Crippen molar-refractivity contribution in [3.63, 3.8) is 0 Å². The zero-order valence-corrected chi connectivity index (χ0v) is 16.4. The summed E-state index contributed by atoms with van der Waals surface area (Å²) in [6, 6.07) is 2.92. The first-order valence-electron chi connectivity index (χ1n) is 8.40. The predicted octanol–water partition coefficient (Wildman–Crippen LogP) is 3.62. The quantitative estimate of drug-likeness (QED) is 0.493. The summed E-state index contributed by atoms with van der Waals surface area (Å²) in [6.07, 6.45) is 1.45. The summed E-state index contributed by atoms with van der Waals surface area (Å²) >= 11 is 6.24. The first-order chi connectivity index (χ1) is 12.3. The number of benzene rings is 1. The summed E-state index contributed by atoms with van der Waals surface area (Å²) in [4.78, 5) is 24.1. The number of carbonyl (C=O) groups excluding carboxylic acids is 2. The van der Waals surface area contributed by atoms with Crippen LogP contribution in [-0.4, -0.2) is 38.2 Å². The molecule has 0 unspecified atom stereocenters. The second kappa shape index (κ2) is 10.7. The Balaban J connectivity index is 2.86. The van der Waals surface area contributed by atoms with Gasteiger partial charge in [-0.3, -0.25) is 4.79 Å². The van der Waals surface area contributed by atoms with Crippen LogP contribution in [0.1, 0.15) is 37.6 Å². The average Bonchev–Trinajstić information content (AvgIpc) is 2.59. The number of nitrogens with one attached hydrogen (secondary N) is 1. The van der Waals surface area contributed by atoms with E-state index >= 15 is 0 Å². The van der Waals surface area contributed by atoms with Crippen molar-refractivity contribution in [2.24, 2.45) is 5.92 Å². The molecule has 0 spiro atoms. The molecule has 1 amide bonds. The van der Waals surface area contributed by atoms with Crippen molar-refractivity contribution in [3.05, 3.63) is 35.4 Å². The maximum Gasteiger partial charge on any atom is 0.339 e. The molecule has 0 heterocycles. The highest BCUT2D eigenvalue weighted by Crippen LogP contribution is 2.37. The SMILES string of the molecule is C=CCNC(=O)[C@H](C)OC(=O)c1cc(Cl)c(OCCC(C)C)c(OC)c1. The largest absolute Gasteiger partial charge is 0.493 e. The summed E-state index contributed by atoms with van der Waals surface area (Å²) in [7, 11) is 1.46. The highest BCUT2D eigenvalue weighted by molar-refractivity contribution is 6.32. The van der Waals surface area contributed by atoms with Crippen LogP contribution in [0.15, 0.2) is 24.8 Å². The van der Waals surface area contributed by atoms with Gasteiger partial charge in [0.25, 0.3) is 5.91 Å². The Labute approximate surface area is 159 Å². The average molecular weight is 384 g/mol. The molecule has 0 fully saturated rings. The Bertz CT molecular complexity index is 645. The number of methoxy groups -OCH3 is 1. The summed E-state index contributed by atoms with van der Waals surface area (Å²) in [5.74, 6) is 0.105. The summed E-state index contributed by atoms with van der Waals surface area (Å²) in [5.41, 5.74) is 0.173. The Morgan fingerprint density at radius 3 is 2.58 bits per heavy atom. The molecule has 0 aliphatic carbocycles. The van der Waals surface area contributed by atoms with E-state index < -0.39 is 18.0 Å². The molecule has 6 nitrogen and oxygen atoms in total. The van der Waals surface area contributed by atoms with Crippen LogP contribution in [0.5, 0.6) is 11.5 Å². The zero-order valence-electron chi connectivity index (χ0n) is 15.6. The van der Waals surface area contributed by atoms with Gasteiger partial charge in [0.05, 0.1) is 24.3 Å². The summed E-state index contributed by atoms with van der Waals surface area (Å²) < 4.78 is 16.1. The molecule has 1 rings (SSSR count). The molecule has 0 aliphatic rings. The topological polar surface area (TPSA) is 73.9 Å². The van der Waals surface area contributed by atoms with Gasteiger partial charge in [-0.2, -0.15) is 0 Å². The summed E-state index contributed by atoms with van der Waals surface area (Å²) in [5, 5.41) is 2.80. The number of hydrogen-bond donors (Lipinski definition) is 1. The Hall–Kier alpha value is -2.21. The van der Waals surface area contributed by atoms with E-state index in [1.165, 1.54) is 32.2 Å². The van der Waals surface area contributed by atoms with Crippen molar-refractivity contribution in [2.45, 2.75) is 33.3 Å². The van der Waals surface area contributed by atoms with Crippen LogP contribution in [0.2, 0.25) is 5.02 Å². The monoisotopic (exact) mass is 383 g/mol. The molecule has 0 saturated heterocycles. The van der Waals surface area contributed by atoms with Crippen molar-refractivity contribution in [3.8, 4) is 11.5 Å². The molecule has 0 saturated carbocycles. The fraction of sp³-hybridized carbons (Fsp3) is 0.474. The van der Waals surface area contributed by atoms with E-state index in [0.29, 0.717) is 30.6 Å². The standard InChI is InChI=1S/C19H26ClNO5/c1-6-8-21-18(22)13(4)26-19(23)14-10-15(20)17(16(11-14)24-5)25-9-7-12(2)3/h6,10-13H,1,7-9H2,2-5H3,(H,21,22)/t13-/m0/s1. The normalized spacial score (nSPS) is 11.6. The van der Waals surface area contributed by atoms with E-state index in [1.54, 1.807) is 0 Å². The van der Waals surface area contributed by atoms with E-state index in [2.05, 4.69) is 25.7 Å². The minimum atomic E-state index is -0.950.